The van der Waals surface area contributed by atoms with Crippen molar-refractivity contribution in [2.24, 2.45) is 5.92 Å². The summed E-state index contributed by atoms with van der Waals surface area (Å²) in [6.45, 7) is 7.84. The fourth-order valence-corrected chi connectivity index (χ4v) is 1.56. The lowest BCUT2D eigenvalue weighted by Gasteiger charge is -2.09. The molecule has 24 heavy (non-hydrogen) atoms. The molecule has 0 rings (SSSR count). The van der Waals surface area contributed by atoms with Crippen molar-refractivity contribution in [3.8, 4) is 0 Å². The zero-order valence-electron chi connectivity index (χ0n) is 15.1. The summed E-state index contributed by atoms with van der Waals surface area (Å²) >= 11 is 0. The monoisotopic (exact) mass is 348 g/mol. The summed E-state index contributed by atoms with van der Waals surface area (Å²) in [4.78, 5) is 22.8. The molecule has 0 saturated heterocycles. The first-order valence-corrected chi connectivity index (χ1v) is 8.34. The van der Waals surface area contributed by atoms with Gasteiger partial charge in [0.05, 0.1) is 46.2 Å². The van der Waals surface area contributed by atoms with E-state index < -0.39 is 0 Å². The summed E-state index contributed by atoms with van der Waals surface area (Å²) in [5, 5.41) is 5.34. The molecule has 0 aromatic rings. The molecule has 0 spiro atoms. The Bertz CT molecular complexity index is 326. The van der Waals surface area contributed by atoms with E-state index in [1.165, 1.54) is 0 Å². The number of Topliss-reactive ketones (excluding diaryl/α,β-unsaturated/α-hetero) is 1. The Morgan fingerprint density at radius 1 is 0.792 bits per heavy atom. The van der Waals surface area contributed by atoms with E-state index >= 15 is 0 Å². The first-order valence-electron chi connectivity index (χ1n) is 8.34. The number of hydrogen-bond donors (Lipinski definition) is 2. The fraction of sp³-hybridized carbons (Fsp3) is 0.875. The number of carbonyl (C=O) groups excluding carboxylic acids is 2. The Morgan fingerprint density at radius 2 is 1.29 bits per heavy atom. The van der Waals surface area contributed by atoms with Crippen LogP contribution >= 0.6 is 0 Å². The summed E-state index contributed by atoms with van der Waals surface area (Å²) in [5.74, 6) is 0.259. The number of urea groups is 1. The van der Waals surface area contributed by atoms with E-state index in [0.29, 0.717) is 65.8 Å². The van der Waals surface area contributed by atoms with Crippen LogP contribution in [0.4, 0.5) is 4.79 Å². The zero-order chi connectivity index (χ0) is 18.0. The van der Waals surface area contributed by atoms with Crippen molar-refractivity contribution in [3.63, 3.8) is 0 Å². The Hall–Kier alpha value is -1.22. The molecule has 0 aromatic carbocycles. The lowest BCUT2D eigenvalue weighted by Crippen LogP contribution is -2.39. The van der Waals surface area contributed by atoms with E-state index in [1.807, 2.05) is 13.8 Å². The number of nitrogens with one attached hydrogen (secondary N) is 2. The molecular formula is C16H32N2O6. The molecule has 8 heteroatoms. The SMILES string of the molecule is COCCOCCNC(=O)NCCOCCOCCC(=O)C(C)C. The summed E-state index contributed by atoms with van der Waals surface area (Å²) in [7, 11) is 1.61. The van der Waals surface area contributed by atoms with Gasteiger partial charge in [-0.1, -0.05) is 13.8 Å². The van der Waals surface area contributed by atoms with Gasteiger partial charge in [0.25, 0.3) is 0 Å². The molecule has 2 N–H and O–H groups in total. The van der Waals surface area contributed by atoms with Gasteiger partial charge in [-0.15, -0.1) is 0 Å². The maximum atomic E-state index is 11.4. The van der Waals surface area contributed by atoms with Crippen molar-refractivity contribution in [2.75, 3.05) is 66.4 Å². The standard InChI is InChI=1S/C16H32N2O6/c1-14(2)15(19)4-7-22-12-13-24-9-6-18-16(20)17-5-8-23-11-10-21-3/h14H,4-13H2,1-3H3,(H2,17,18,20). The summed E-state index contributed by atoms with van der Waals surface area (Å²) in [5.41, 5.74) is 0. The molecule has 142 valence electrons. The largest absolute Gasteiger partial charge is 0.382 e. The zero-order valence-corrected chi connectivity index (χ0v) is 15.1. The highest BCUT2D eigenvalue weighted by molar-refractivity contribution is 5.80. The van der Waals surface area contributed by atoms with Crippen molar-refractivity contribution in [3.05, 3.63) is 0 Å². The Labute approximate surface area is 144 Å². The quantitative estimate of drug-likeness (QED) is 0.397. The van der Waals surface area contributed by atoms with Gasteiger partial charge in [0, 0.05) is 32.5 Å². The minimum absolute atomic E-state index is 0.0546. The van der Waals surface area contributed by atoms with Gasteiger partial charge in [-0.2, -0.15) is 0 Å². The molecule has 0 atom stereocenters. The van der Waals surface area contributed by atoms with Crippen molar-refractivity contribution < 1.29 is 28.5 Å². The number of rotatable bonds is 16. The number of ketones is 1. The van der Waals surface area contributed by atoms with E-state index in [0.717, 1.165) is 0 Å². The number of hydrogen-bond acceptors (Lipinski definition) is 6. The lowest BCUT2D eigenvalue weighted by molar-refractivity contribution is -0.123. The smallest absolute Gasteiger partial charge is 0.314 e. The molecule has 0 radical (unpaired) electrons. The Morgan fingerprint density at radius 3 is 1.79 bits per heavy atom. The van der Waals surface area contributed by atoms with Crippen LogP contribution < -0.4 is 10.6 Å². The Kier molecular flexibility index (Phi) is 15.8. The third-order valence-corrected chi connectivity index (χ3v) is 3.00. The van der Waals surface area contributed by atoms with Crippen molar-refractivity contribution in [1.29, 1.82) is 0 Å². The van der Waals surface area contributed by atoms with Crippen LogP contribution in [0, 0.1) is 5.92 Å². The number of ether oxygens (including phenoxy) is 4. The van der Waals surface area contributed by atoms with Gasteiger partial charge in [0.2, 0.25) is 0 Å². The second-order valence-electron chi connectivity index (χ2n) is 5.38. The van der Waals surface area contributed by atoms with Crippen LogP contribution in [0.15, 0.2) is 0 Å². The fourth-order valence-electron chi connectivity index (χ4n) is 1.56. The minimum Gasteiger partial charge on any atom is -0.382 e. The molecule has 0 bridgehead atoms. The average Bonchev–Trinajstić information content (AvgIpc) is 2.56. The molecular weight excluding hydrogens is 316 g/mol. The van der Waals surface area contributed by atoms with Crippen LogP contribution in [0.5, 0.6) is 0 Å². The highest BCUT2D eigenvalue weighted by atomic mass is 16.5. The highest BCUT2D eigenvalue weighted by Gasteiger charge is 2.06. The second-order valence-corrected chi connectivity index (χ2v) is 5.38. The summed E-state index contributed by atoms with van der Waals surface area (Å²) in [6.07, 6.45) is 0.439. The summed E-state index contributed by atoms with van der Waals surface area (Å²) in [6, 6.07) is -0.252. The molecule has 0 aliphatic carbocycles. The number of amides is 2. The Balaban J connectivity index is 3.23. The van der Waals surface area contributed by atoms with E-state index in [9.17, 15) is 9.59 Å². The maximum Gasteiger partial charge on any atom is 0.314 e. The van der Waals surface area contributed by atoms with Gasteiger partial charge in [-0.3, -0.25) is 4.79 Å². The molecule has 8 nitrogen and oxygen atoms in total. The van der Waals surface area contributed by atoms with Crippen LogP contribution in [-0.4, -0.2) is 78.3 Å². The van der Waals surface area contributed by atoms with Gasteiger partial charge in [0.1, 0.15) is 5.78 Å². The van der Waals surface area contributed by atoms with Crippen molar-refractivity contribution in [1.82, 2.24) is 10.6 Å². The van der Waals surface area contributed by atoms with Gasteiger partial charge in [0.15, 0.2) is 0 Å². The van der Waals surface area contributed by atoms with E-state index in [4.69, 9.17) is 18.9 Å². The van der Waals surface area contributed by atoms with Crippen LogP contribution in [0.2, 0.25) is 0 Å². The predicted octanol–water partition coefficient (Wildman–Crippen LogP) is 0.597. The van der Waals surface area contributed by atoms with Crippen LogP contribution in [0.25, 0.3) is 0 Å². The molecule has 0 saturated carbocycles. The van der Waals surface area contributed by atoms with Crippen molar-refractivity contribution >= 4 is 11.8 Å². The third kappa shape index (κ3) is 15.7. The van der Waals surface area contributed by atoms with Crippen LogP contribution in [-0.2, 0) is 23.7 Å². The molecule has 2 amide bonds. The summed E-state index contributed by atoms with van der Waals surface area (Å²) < 4.78 is 20.7. The molecule has 0 aromatic heterocycles. The molecule has 0 heterocycles. The topological polar surface area (TPSA) is 95.1 Å². The number of methoxy groups -OCH3 is 1. The van der Waals surface area contributed by atoms with Gasteiger partial charge < -0.3 is 29.6 Å². The predicted molar refractivity (Wildman–Crippen MR) is 90.2 cm³/mol. The average molecular weight is 348 g/mol. The highest BCUT2D eigenvalue weighted by Crippen LogP contribution is 1.98. The second kappa shape index (κ2) is 16.6. The normalized spacial score (nSPS) is 10.8. The van der Waals surface area contributed by atoms with Gasteiger partial charge >= 0.3 is 6.03 Å². The number of carbonyl (C=O) groups is 2. The maximum absolute atomic E-state index is 11.4. The van der Waals surface area contributed by atoms with Gasteiger partial charge in [-0.05, 0) is 0 Å². The molecule has 0 unspecified atom stereocenters. The first-order chi connectivity index (χ1) is 11.6. The van der Waals surface area contributed by atoms with E-state index in [1.54, 1.807) is 7.11 Å². The van der Waals surface area contributed by atoms with Crippen LogP contribution in [0.3, 0.4) is 0 Å². The third-order valence-electron chi connectivity index (χ3n) is 3.00. The van der Waals surface area contributed by atoms with Crippen LogP contribution in [0.1, 0.15) is 20.3 Å². The van der Waals surface area contributed by atoms with Crippen molar-refractivity contribution in [2.45, 2.75) is 20.3 Å². The minimum atomic E-state index is -0.252. The van der Waals surface area contributed by atoms with E-state index in [2.05, 4.69) is 10.6 Å². The molecule has 0 aliphatic rings. The van der Waals surface area contributed by atoms with E-state index in [-0.39, 0.29) is 17.7 Å². The lowest BCUT2D eigenvalue weighted by atomic mass is 10.1. The van der Waals surface area contributed by atoms with Gasteiger partial charge in [-0.25, -0.2) is 4.79 Å². The molecule has 0 fully saturated rings. The first kappa shape index (κ1) is 22.8. The molecule has 0 aliphatic heterocycles.